The molecule has 0 amide bonds. The van der Waals surface area contributed by atoms with E-state index in [0.29, 0.717) is 0 Å². The third-order valence-electron chi connectivity index (χ3n) is 1.38. The maximum atomic E-state index is 2.75. The molecule has 1 N–H and O–H groups in total. The number of aryl methyl sites for hydroxylation is 1. The minimum Gasteiger partial charge on any atom is -0.323 e. The highest BCUT2D eigenvalue weighted by Crippen LogP contribution is 2.00. The molecule has 0 saturated carbocycles. The van der Waals surface area contributed by atoms with E-state index in [2.05, 4.69) is 42.6 Å². The van der Waals surface area contributed by atoms with Crippen molar-refractivity contribution < 1.29 is 0 Å². The van der Waals surface area contributed by atoms with Gasteiger partial charge in [0.15, 0.2) is 0 Å². The molecule has 0 spiro atoms. The van der Waals surface area contributed by atoms with Gasteiger partial charge in [-0.2, -0.15) is 0 Å². The van der Waals surface area contributed by atoms with Gasteiger partial charge in [-0.1, -0.05) is 43.7 Å². The molecule has 0 aliphatic rings. The van der Waals surface area contributed by atoms with Crippen LogP contribution in [0.3, 0.4) is 0 Å². The van der Waals surface area contributed by atoms with Gasteiger partial charge in [0.25, 0.3) is 0 Å². The van der Waals surface area contributed by atoms with E-state index in [9.17, 15) is 0 Å². The van der Waals surface area contributed by atoms with E-state index in [0.717, 1.165) is 0 Å². The highest BCUT2D eigenvalue weighted by Gasteiger charge is 1.84. The average Bonchev–Trinajstić information content (AvgIpc) is 2.08. The summed E-state index contributed by atoms with van der Waals surface area (Å²) in [6.45, 7) is 2.20. The molecule has 1 rings (SSSR count). The Labute approximate surface area is 75.8 Å². The van der Waals surface area contributed by atoms with Gasteiger partial charge in [0.05, 0.1) is 0 Å². The van der Waals surface area contributed by atoms with E-state index in [-0.39, 0.29) is 0 Å². The fourth-order valence-electron chi connectivity index (χ4n) is 0.933. The monoisotopic (exact) mass is 165 g/mol. The summed E-state index contributed by atoms with van der Waals surface area (Å²) in [5.41, 5.74) is 1.44. The molecule has 0 atom stereocenters. The predicted molar refractivity (Wildman–Crippen MR) is 55.4 cm³/mol. The van der Waals surface area contributed by atoms with E-state index in [1.165, 1.54) is 18.4 Å². The van der Waals surface area contributed by atoms with Crippen molar-refractivity contribution in [1.29, 1.82) is 0 Å². The lowest BCUT2D eigenvalue weighted by atomic mass is 10.1. The van der Waals surface area contributed by atoms with Crippen LogP contribution in [0, 0.1) is 0 Å². The zero-order valence-corrected chi connectivity index (χ0v) is 8.30. The van der Waals surface area contributed by atoms with Crippen molar-refractivity contribution in [3.05, 3.63) is 35.9 Å². The van der Waals surface area contributed by atoms with Gasteiger partial charge in [-0.25, -0.2) is 0 Å². The molecule has 0 unspecified atom stereocenters. The minimum atomic E-state index is 1.21. The standard InChI is InChI=1S/C9H12.C2H7N/c1-2-6-9-7-4-3-5-8-9;1-3-2/h3-5,7-8H,2,6H2,1H3;3H,1-2H3. The molecule has 0 aliphatic carbocycles. The van der Waals surface area contributed by atoms with Crippen molar-refractivity contribution in [3.8, 4) is 0 Å². The molecule has 0 aliphatic heterocycles. The number of rotatable bonds is 2. The molecule has 1 aromatic rings. The Morgan fingerprint density at radius 1 is 1.08 bits per heavy atom. The molecular weight excluding hydrogens is 146 g/mol. The zero-order chi connectivity index (χ0) is 9.23. The third-order valence-corrected chi connectivity index (χ3v) is 1.38. The maximum absolute atomic E-state index is 2.75. The van der Waals surface area contributed by atoms with Crippen LogP contribution in [0.4, 0.5) is 0 Å². The molecule has 1 nitrogen and oxygen atoms in total. The average molecular weight is 165 g/mol. The van der Waals surface area contributed by atoms with Crippen LogP contribution in [-0.2, 0) is 6.42 Å². The van der Waals surface area contributed by atoms with Crippen molar-refractivity contribution in [1.82, 2.24) is 5.32 Å². The summed E-state index contributed by atoms with van der Waals surface area (Å²) in [7, 11) is 3.75. The molecule has 1 aromatic carbocycles. The quantitative estimate of drug-likeness (QED) is 0.710. The first-order valence-electron chi connectivity index (χ1n) is 4.47. The zero-order valence-electron chi connectivity index (χ0n) is 8.30. The number of benzene rings is 1. The van der Waals surface area contributed by atoms with Gasteiger partial charge in [0, 0.05) is 0 Å². The summed E-state index contributed by atoms with van der Waals surface area (Å²) in [5, 5.41) is 2.75. The second-order valence-electron chi connectivity index (χ2n) is 2.74. The van der Waals surface area contributed by atoms with E-state index < -0.39 is 0 Å². The Morgan fingerprint density at radius 3 is 2.00 bits per heavy atom. The largest absolute Gasteiger partial charge is 0.323 e. The summed E-state index contributed by atoms with van der Waals surface area (Å²) < 4.78 is 0. The topological polar surface area (TPSA) is 12.0 Å². The van der Waals surface area contributed by atoms with Crippen molar-refractivity contribution in [2.24, 2.45) is 0 Å². The first-order chi connectivity index (χ1) is 5.85. The van der Waals surface area contributed by atoms with Gasteiger partial charge in [0.1, 0.15) is 0 Å². The van der Waals surface area contributed by atoms with Crippen LogP contribution >= 0.6 is 0 Å². The van der Waals surface area contributed by atoms with E-state index in [1.807, 2.05) is 14.1 Å². The van der Waals surface area contributed by atoms with Gasteiger partial charge < -0.3 is 5.32 Å². The van der Waals surface area contributed by atoms with Gasteiger partial charge in [-0.05, 0) is 26.1 Å². The second-order valence-corrected chi connectivity index (χ2v) is 2.74. The molecule has 0 bridgehead atoms. The van der Waals surface area contributed by atoms with Crippen molar-refractivity contribution in [3.63, 3.8) is 0 Å². The van der Waals surface area contributed by atoms with Gasteiger partial charge >= 0.3 is 0 Å². The molecule has 68 valence electrons. The summed E-state index contributed by atoms with van der Waals surface area (Å²) in [6, 6.07) is 10.6. The Kier molecular flexibility index (Phi) is 7.71. The van der Waals surface area contributed by atoms with Gasteiger partial charge in [0.2, 0.25) is 0 Å². The third kappa shape index (κ3) is 5.93. The Bertz CT molecular complexity index is 170. The molecule has 0 radical (unpaired) electrons. The molecule has 0 aromatic heterocycles. The Balaban J connectivity index is 0.000000354. The molecular formula is C11H19N. The smallest absolute Gasteiger partial charge is 0.0167 e. The fourth-order valence-corrected chi connectivity index (χ4v) is 0.933. The molecule has 12 heavy (non-hydrogen) atoms. The fraction of sp³-hybridized carbons (Fsp3) is 0.455. The lowest BCUT2D eigenvalue weighted by Gasteiger charge is -1.93. The first-order valence-corrected chi connectivity index (χ1v) is 4.47. The van der Waals surface area contributed by atoms with Crippen LogP contribution in [0.5, 0.6) is 0 Å². The van der Waals surface area contributed by atoms with Crippen LogP contribution in [0.15, 0.2) is 30.3 Å². The van der Waals surface area contributed by atoms with Crippen LogP contribution in [0.1, 0.15) is 18.9 Å². The summed E-state index contributed by atoms with van der Waals surface area (Å²) in [6.07, 6.45) is 2.45. The number of hydrogen-bond acceptors (Lipinski definition) is 1. The molecule has 0 fully saturated rings. The maximum Gasteiger partial charge on any atom is -0.0167 e. The normalized spacial score (nSPS) is 8.58. The summed E-state index contributed by atoms with van der Waals surface area (Å²) in [5.74, 6) is 0. The number of hydrogen-bond donors (Lipinski definition) is 1. The summed E-state index contributed by atoms with van der Waals surface area (Å²) >= 11 is 0. The highest BCUT2D eigenvalue weighted by atomic mass is 14.7. The van der Waals surface area contributed by atoms with Crippen LogP contribution < -0.4 is 5.32 Å². The van der Waals surface area contributed by atoms with E-state index in [1.54, 1.807) is 0 Å². The van der Waals surface area contributed by atoms with Crippen LogP contribution in [0.2, 0.25) is 0 Å². The number of nitrogens with one attached hydrogen (secondary N) is 1. The van der Waals surface area contributed by atoms with E-state index >= 15 is 0 Å². The Hall–Kier alpha value is -0.820. The minimum absolute atomic E-state index is 1.21. The highest BCUT2D eigenvalue weighted by molar-refractivity contribution is 5.14. The Morgan fingerprint density at radius 2 is 1.58 bits per heavy atom. The molecule has 1 heteroatoms. The molecule has 0 saturated heterocycles. The van der Waals surface area contributed by atoms with Gasteiger partial charge in [-0.3, -0.25) is 0 Å². The van der Waals surface area contributed by atoms with Crippen molar-refractivity contribution >= 4 is 0 Å². The van der Waals surface area contributed by atoms with Crippen LogP contribution in [-0.4, -0.2) is 14.1 Å². The lowest BCUT2D eigenvalue weighted by Crippen LogP contribution is -1.89. The second kappa shape index (κ2) is 8.28. The first kappa shape index (κ1) is 11.2. The van der Waals surface area contributed by atoms with E-state index in [4.69, 9.17) is 0 Å². The van der Waals surface area contributed by atoms with Crippen molar-refractivity contribution in [2.45, 2.75) is 19.8 Å². The SMILES string of the molecule is CCCc1ccccc1.CNC. The van der Waals surface area contributed by atoms with Crippen molar-refractivity contribution in [2.75, 3.05) is 14.1 Å². The predicted octanol–water partition coefficient (Wildman–Crippen LogP) is 2.47. The molecule has 0 heterocycles. The van der Waals surface area contributed by atoms with Crippen LogP contribution in [0.25, 0.3) is 0 Å². The van der Waals surface area contributed by atoms with Gasteiger partial charge in [-0.15, -0.1) is 0 Å². The summed E-state index contributed by atoms with van der Waals surface area (Å²) in [4.78, 5) is 0. The lowest BCUT2D eigenvalue weighted by molar-refractivity contribution is 0.922.